The van der Waals surface area contributed by atoms with E-state index in [1.807, 2.05) is 18.2 Å². The second kappa shape index (κ2) is 9.29. The van der Waals surface area contributed by atoms with E-state index in [1.165, 1.54) is 23.0 Å². The molecule has 168 valence electrons. The first-order valence-corrected chi connectivity index (χ1v) is 12.2. The summed E-state index contributed by atoms with van der Waals surface area (Å²) in [7, 11) is 0. The summed E-state index contributed by atoms with van der Waals surface area (Å²) in [6.07, 6.45) is 1.74. The van der Waals surface area contributed by atoms with Crippen LogP contribution in [0.3, 0.4) is 0 Å². The van der Waals surface area contributed by atoms with Crippen LogP contribution in [0.4, 0.5) is 5.69 Å². The van der Waals surface area contributed by atoms with Crippen molar-refractivity contribution in [2.24, 2.45) is 4.99 Å². The number of anilines is 1. The number of rotatable bonds is 3. The minimum Gasteiger partial charge on any atom is -0.457 e. The van der Waals surface area contributed by atoms with Crippen LogP contribution in [0.2, 0.25) is 10.0 Å². The fourth-order valence-electron chi connectivity index (χ4n) is 3.81. The van der Waals surface area contributed by atoms with E-state index in [1.54, 1.807) is 18.2 Å². The van der Waals surface area contributed by atoms with Crippen LogP contribution in [-0.4, -0.2) is 42.2 Å². The molecule has 3 heterocycles. The molecule has 0 atom stereocenters. The van der Waals surface area contributed by atoms with E-state index in [9.17, 15) is 4.79 Å². The van der Waals surface area contributed by atoms with Crippen LogP contribution in [0.15, 0.2) is 68.9 Å². The standard InChI is InChI=1S/C25H21Cl2N3O2S/c1-16-2-5-18(6-3-16)29-10-12-30(13-11-29)25-28-24(31)23(33-25)15-19-7-9-22(32-19)17-4-8-20(26)21(27)14-17/h2-9,14-15H,10-13H2,1H3. The first kappa shape index (κ1) is 22.1. The van der Waals surface area contributed by atoms with Gasteiger partial charge in [-0.15, -0.1) is 0 Å². The van der Waals surface area contributed by atoms with Gasteiger partial charge in [-0.25, -0.2) is 0 Å². The summed E-state index contributed by atoms with van der Waals surface area (Å²) in [5.41, 5.74) is 3.31. The third kappa shape index (κ3) is 4.83. The topological polar surface area (TPSA) is 49.0 Å². The monoisotopic (exact) mass is 497 g/mol. The second-order valence-electron chi connectivity index (χ2n) is 7.95. The zero-order valence-electron chi connectivity index (χ0n) is 17.9. The van der Waals surface area contributed by atoms with Gasteiger partial charge in [0.25, 0.3) is 5.91 Å². The number of carbonyl (C=O) groups excluding carboxylic acids is 1. The number of amides is 1. The summed E-state index contributed by atoms with van der Waals surface area (Å²) in [6, 6.07) is 17.6. The predicted molar refractivity (Wildman–Crippen MR) is 137 cm³/mol. The van der Waals surface area contributed by atoms with Gasteiger partial charge in [-0.1, -0.05) is 40.9 Å². The molecule has 2 aliphatic rings. The van der Waals surface area contributed by atoms with Gasteiger partial charge >= 0.3 is 0 Å². The molecule has 0 N–H and O–H groups in total. The molecule has 8 heteroatoms. The van der Waals surface area contributed by atoms with Crippen molar-refractivity contribution in [3.63, 3.8) is 0 Å². The molecule has 1 aromatic heterocycles. The Labute approximate surface area is 206 Å². The third-order valence-corrected chi connectivity index (χ3v) is 7.45. The van der Waals surface area contributed by atoms with Crippen molar-refractivity contribution >= 4 is 57.8 Å². The number of carbonyl (C=O) groups is 1. The molecule has 1 saturated heterocycles. The van der Waals surface area contributed by atoms with Crippen molar-refractivity contribution in [2.75, 3.05) is 31.1 Å². The van der Waals surface area contributed by atoms with Crippen LogP contribution < -0.4 is 4.90 Å². The molecule has 3 aromatic rings. The highest BCUT2D eigenvalue weighted by molar-refractivity contribution is 8.18. The van der Waals surface area contributed by atoms with E-state index in [-0.39, 0.29) is 5.91 Å². The SMILES string of the molecule is Cc1ccc(N2CCN(C3=NC(=O)C(=Cc4ccc(-c5ccc(Cl)c(Cl)c5)o4)S3)CC2)cc1. The van der Waals surface area contributed by atoms with Crippen LogP contribution in [0, 0.1) is 6.92 Å². The minimum absolute atomic E-state index is 0.233. The second-order valence-corrected chi connectivity index (χ2v) is 9.77. The molecule has 5 rings (SSSR count). The van der Waals surface area contributed by atoms with Gasteiger partial charge in [0.2, 0.25) is 0 Å². The highest BCUT2D eigenvalue weighted by Crippen LogP contribution is 2.33. The number of halogens is 2. The maximum atomic E-state index is 12.5. The molecule has 0 radical (unpaired) electrons. The molecular weight excluding hydrogens is 477 g/mol. The Kier molecular flexibility index (Phi) is 6.23. The van der Waals surface area contributed by atoms with Gasteiger partial charge in [-0.2, -0.15) is 4.99 Å². The minimum atomic E-state index is -0.233. The predicted octanol–water partition coefficient (Wildman–Crippen LogP) is 6.35. The fraction of sp³-hybridized carbons (Fsp3) is 0.200. The maximum absolute atomic E-state index is 12.5. The lowest BCUT2D eigenvalue weighted by Gasteiger charge is -2.36. The third-order valence-electron chi connectivity index (χ3n) is 5.66. The summed E-state index contributed by atoms with van der Waals surface area (Å²) < 4.78 is 5.91. The first-order valence-electron chi connectivity index (χ1n) is 10.6. The number of hydrogen-bond donors (Lipinski definition) is 0. The number of hydrogen-bond acceptors (Lipinski definition) is 5. The number of piperazine rings is 1. The van der Waals surface area contributed by atoms with Crippen LogP contribution in [0.25, 0.3) is 17.4 Å². The number of aryl methyl sites for hydroxylation is 1. The molecule has 0 aliphatic carbocycles. The van der Waals surface area contributed by atoms with Crippen molar-refractivity contribution < 1.29 is 9.21 Å². The Balaban J connectivity index is 1.23. The maximum Gasteiger partial charge on any atom is 0.286 e. The average Bonchev–Trinajstić information content (AvgIpc) is 3.43. The van der Waals surface area contributed by atoms with Crippen molar-refractivity contribution in [3.05, 3.63) is 80.9 Å². The van der Waals surface area contributed by atoms with E-state index in [0.29, 0.717) is 26.5 Å². The summed E-state index contributed by atoms with van der Waals surface area (Å²) in [5, 5.41) is 1.71. The van der Waals surface area contributed by atoms with E-state index in [2.05, 4.69) is 46.0 Å². The molecule has 1 fully saturated rings. The molecule has 0 saturated carbocycles. The largest absolute Gasteiger partial charge is 0.457 e. The molecule has 5 nitrogen and oxygen atoms in total. The van der Waals surface area contributed by atoms with E-state index >= 15 is 0 Å². The molecule has 2 aromatic carbocycles. The van der Waals surface area contributed by atoms with E-state index in [4.69, 9.17) is 27.6 Å². The number of thioether (sulfide) groups is 1. The van der Waals surface area contributed by atoms with Crippen LogP contribution in [0.1, 0.15) is 11.3 Å². The van der Waals surface area contributed by atoms with Crippen LogP contribution in [-0.2, 0) is 4.79 Å². The van der Waals surface area contributed by atoms with Crippen LogP contribution >= 0.6 is 35.0 Å². The Hall–Kier alpha value is -2.67. The van der Waals surface area contributed by atoms with Gasteiger partial charge < -0.3 is 14.2 Å². The first-order chi connectivity index (χ1) is 16.0. The summed E-state index contributed by atoms with van der Waals surface area (Å²) in [4.78, 5) is 21.9. The quantitative estimate of drug-likeness (QED) is 0.394. The number of nitrogens with zero attached hydrogens (tertiary/aromatic N) is 3. The van der Waals surface area contributed by atoms with Crippen molar-refractivity contribution in [1.82, 2.24) is 4.90 Å². The molecule has 0 unspecified atom stereocenters. The number of amidine groups is 1. The fourth-order valence-corrected chi connectivity index (χ4v) is 5.05. The van der Waals surface area contributed by atoms with Gasteiger partial charge in [-0.05, 0) is 61.2 Å². The van der Waals surface area contributed by atoms with E-state index in [0.717, 1.165) is 36.9 Å². The molecule has 2 aliphatic heterocycles. The Morgan fingerprint density at radius 1 is 0.939 bits per heavy atom. The van der Waals surface area contributed by atoms with E-state index < -0.39 is 0 Å². The molecular formula is C25H21Cl2N3O2S. The number of benzene rings is 2. The van der Waals surface area contributed by atoms with Crippen LogP contribution in [0.5, 0.6) is 0 Å². The molecule has 0 bridgehead atoms. The highest BCUT2D eigenvalue weighted by Gasteiger charge is 2.29. The zero-order chi connectivity index (χ0) is 22.9. The van der Waals surface area contributed by atoms with Crippen molar-refractivity contribution in [2.45, 2.75) is 6.92 Å². The lowest BCUT2D eigenvalue weighted by molar-refractivity contribution is -0.113. The molecule has 33 heavy (non-hydrogen) atoms. The van der Waals surface area contributed by atoms with Crippen molar-refractivity contribution in [3.8, 4) is 11.3 Å². The average molecular weight is 498 g/mol. The lowest BCUT2D eigenvalue weighted by Crippen LogP contribution is -2.47. The van der Waals surface area contributed by atoms with Gasteiger partial charge in [0.1, 0.15) is 11.5 Å². The number of furan rings is 1. The van der Waals surface area contributed by atoms with Gasteiger partial charge in [0.15, 0.2) is 5.17 Å². The van der Waals surface area contributed by atoms with Crippen molar-refractivity contribution in [1.29, 1.82) is 0 Å². The van der Waals surface area contributed by atoms with Gasteiger partial charge in [-0.3, -0.25) is 4.79 Å². The Morgan fingerprint density at radius 2 is 1.67 bits per heavy atom. The summed E-state index contributed by atoms with van der Waals surface area (Å²) >= 11 is 13.5. The number of aliphatic imine (C=N–C) groups is 1. The normalized spacial score (nSPS) is 17.7. The lowest BCUT2D eigenvalue weighted by atomic mass is 10.2. The van der Waals surface area contributed by atoms with Gasteiger partial charge in [0, 0.05) is 43.5 Å². The summed E-state index contributed by atoms with van der Waals surface area (Å²) in [6.45, 7) is 5.52. The smallest absolute Gasteiger partial charge is 0.286 e. The Bertz CT molecular complexity index is 1260. The molecule has 1 amide bonds. The molecule has 0 spiro atoms. The summed E-state index contributed by atoms with van der Waals surface area (Å²) in [5.74, 6) is 1.01. The zero-order valence-corrected chi connectivity index (χ0v) is 20.3. The highest BCUT2D eigenvalue weighted by atomic mass is 35.5. The van der Waals surface area contributed by atoms with Gasteiger partial charge in [0.05, 0.1) is 15.0 Å². The Morgan fingerprint density at radius 3 is 2.39 bits per heavy atom.